The van der Waals surface area contributed by atoms with Crippen molar-refractivity contribution in [3.05, 3.63) is 23.5 Å². The number of likely N-dealkylation sites (tertiary alicyclic amines) is 1. The molecule has 6 heteroatoms. The number of aromatic nitrogens is 3. The number of aryl methyl sites for hydroxylation is 1. The van der Waals surface area contributed by atoms with Crippen LogP contribution in [0.25, 0.3) is 11.0 Å². The summed E-state index contributed by atoms with van der Waals surface area (Å²) in [5.74, 6) is -0.0319. The average Bonchev–Trinajstić information content (AvgIpc) is 3.03. The molecule has 1 aliphatic heterocycles. The Balaban J connectivity index is 1.63. The van der Waals surface area contributed by atoms with E-state index in [4.69, 9.17) is 0 Å². The summed E-state index contributed by atoms with van der Waals surface area (Å²) < 4.78 is 1.87. The van der Waals surface area contributed by atoms with E-state index in [2.05, 4.69) is 41.1 Å². The quantitative estimate of drug-likeness (QED) is 0.806. The van der Waals surface area contributed by atoms with Crippen molar-refractivity contribution in [2.24, 2.45) is 0 Å². The van der Waals surface area contributed by atoms with Crippen LogP contribution in [-0.4, -0.2) is 51.2 Å². The number of fused-ring (bicyclic) bond motifs is 1. The van der Waals surface area contributed by atoms with Crippen molar-refractivity contribution >= 4 is 16.9 Å². The van der Waals surface area contributed by atoms with Gasteiger partial charge in [-0.3, -0.25) is 4.79 Å². The number of hydrogen-bond donors (Lipinski definition) is 1. The van der Waals surface area contributed by atoms with Gasteiger partial charge < -0.3 is 10.2 Å². The molecule has 1 amide bonds. The highest BCUT2D eigenvalue weighted by atomic mass is 16.1. The molecule has 1 atom stereocenters. The molecular formula is C20H31N5O. The molecule has 2 aromatic heterocycles. The molecule has 1 saturated heterocycles. The van der Waals surface area contributed by atoms with Gasteiger partial charge in [-0.1, -0.05) is 6.42 Å². The van der Waals surface area contributed by atoms with Gasteiger partial charge in [-0.05, 0) is 59.6 Å². The van der Waals surface area contributed by atoms with Gasteiger partial charge in [0.1, 0.15) is 0 Å². The van der Waals surface area contributed by atoms with Crippen LogP contribution in [0.15, 0.2) is 12.3 Å². The first-order valence-corrected chi connectivity index (χ1v) is 9.84. The maximum Gasteiger partial charge on any atom is 0.252 e. The van der Waals surface area contributed by atoms with E-state index in [-0.39, 0.29) is 11.9 Å². The Labute approximate surface area is 156 Å². The van der Waals surface area contributed by atoms with Gasteiger partial charge in [0.15, 0.2) is 5.65 Å². The predicted octanol–water partition coefficient (Wildman–Crippen LogP) is 3.31. The molecule has 1 aliphatic rings. The lowest BCUT2D eigenvalue weighted by Crippen LogP contribution is -2.39. The van der Waals surface area contributed by atoms with Crippen LogP contribution in [0.1, 0.15) is 68.5 Å². The number of carbonyl (C=O) groups is 1. The van der Waals surface area contributed by atoms with Crippen LogP contribution in [0, 0.1) is 6.92 Å². The minimum Gasteiger partial charge on any atom is -0.352 e. The van der Waals surface area contributed by atoms with Gasteiger partial charge in [0.25, 0.3) is 5.91 Å². The van der Waals surface area contributed by atoms with Crippen LogP contribution >= 0.6 is 0 Å². The highest BCUT2D eigenvalue weighted by Crippen LogP contribution is 2.21. The fraction of sp³-hybridized carbons (Fsp3) is 0.650. The molecule has 0 aliphatic carbocycles. The monoisotopic (exact) mass is 357 g/mol. The zero-order valence-electron chi connectivity index (χ0n) is 16.5. The third-order valence-corrected chi connectivity index (χ3v) is 5.28. The SMILES string of the molecule is Cc1cc(C(=O)NCCCN2CCCC[C@H]2C)c2cnn(C(C)C)c2n1. The molecule has 0 radical (unpaired) electrons. The molecule has 1 fully saturated rings. The maximum atomic E-state index is 12.7. The molecule has 0 saturated carbocycles. The zero-order valence-corrected chi connectivity index (χ0v) is 16.5. The largest absolute Gasteiger partial charge is 0.352 e. The molecule has 0 aromatic carbocycles. The minimum atomic E-state index is -0.0319. The summed E-state index contributed by atoms with van der Waals surface area (Å²) in [4.78, 5) is 19.8. The summed E-state index contributed by atoms with van der Waals surface area (Å²) in [6, 6.07) is 2.74. The van der Waals surface area contributed by atoms with Gasteiger partial charge in [-0.25, -0.2) is 9.67 Å². The molecule has 6 nitrogen and oxygen atoms in total. The van der Waals surface area contributed by atoms with Gasteiger partial charge in [0, 0.05) is 30.9 Å². The third kappa shape index (κ3) is 4.06. The number of hydrogen-bond acceptors (Lipinski definition) is 4. The van der Waals surface area contributed by atoms with Crippen molar-refractivity contribution in [2.75, 3.05) is 19.6 Å². The molecule has 2 aromatic rings. The topological polar surface area (TPSA) is 63.1 Å². The van der Waals surface area contributed by atoms with Crippen LogP contribution in [0.2, 0.25) is 0 Å². The van der Waals surface area contributed by atoms with Crippen molar-refractivity contribution in [3.63, 3.8) is 0 Å². The number of rotatable bonds is 6. The Bertz CT molecular complexity index is 767. The van der Waals surface area contributed by atoms with Gasteiger partial charge in [-0.15, -0.1) is 0 Å². The normalized spacial score (nSPS) is 18.6. The van der Waals surface area contributed by atoms with Crippen molar-refractivity contribution in [3.8, 4) is 0 Å². The van der Waals surface area contributed by atoms with Crippen molar-refractivity contribution in [1.29, 1.82) is 0 Å². The van der Waals surface area contributed by atoms with E-state index in [0.29, 0.717) is 18.2 Å². The number of carbonyl (C=O) groups excluding carboxylic acids is 1. The van der Waals surface area contributed by atoms with Crippen LogP contribution < -0.4 is 5.32 Å². The van der Waals surface area contributed by atoms with Gasteiger partial charge in [0.2, 0.25) is 0 Å². The van der Waals surface area contributed by atoms with Gasteiger partial charge in [-0.2, -0.15) is 5.10 Å². The second-order valence-corrected chi connectivity index (χ2v) is 7.72. The Morgan fingerprint density at radius 2 is 2.19 bits per heavy atom. The van der Waals surface area contributed by atoms with Crippen LogP contribution in [-0.2, 0) is 0 Å². The van der Waals surface area contributed by atoms with E-state index in [1.54, 1.807) is 6.20 Å². The van der Waals surface area contributed by atoms with Gasteiger partial charge >= 0.3 is 0 Å². The molecule has 142 valence electrons. The van der Waals surface area contributed by atoms with E-state index >= 15 is 0 Å². The van der Waals surface area contributed by atoms with E-state index in [1.807, 2.05) is 17.7 Å². The second kappa shape index (κ2) is 8.16. The van der Waals surface area contributed by atoms with Crippen molar-refractivity contribution in [1.82, 2.24) is 25.0 Å². The standard InChI is InChI=1S/C20H31N5O/c1-14(2)25-19-18(13-22-25)17(12-15(3)23-19)20(26)21-9-7-11-24-10-6-5-8-16(24)4/h12-14,16H,5-11H2,1-4H3,(H,21,26)/t16-/m1/s1. The van der Waals surface area contributed by atoms with E-state index in [0.717, 1.165) is 29.7 Å². The molecule has 0 spiro atoms. The van der Waals surface area contributed by atoms with Crippen LogP contribution in [0.4, 0.5) is 0 Å². The first-order valence-electron chi connectivity index (χ1n) is 9.84. The summed E-state index contributed by atoms with van der Waals surface area (Å²) in [6.45, 7) is 11.3. The summed E-state index contributed by atoms with van der Waals surface area (Å²) in [5, 5.41) is 8.32. The highest BCUT2D eigenvalue weighted by Gasteiger charge is 2.18. The van der Waals surface area contributed by atoms with E-state index < -0.39 is 0 Å². The maximum absolute atomic E-state index is 12.7. The highest BCUT2D eigenvalue weighted by molar-refractivity contribution is 6.05. The van der Waals surface area contributed by atoms with Crippen molar-refractivity contribution in [2.45, 2.75) is 65.5 Å². The smallest absolute Gasteiger partial charge is 0.252 e. The Kier molecular flexibility index (Phi) is 5.91. The van der Waals surface area contributed by atoms with Crippen LogP contribution in [0.5, 0.6) is 0 Å². The molecule has 1 N–H and O–H groups in total. The fourth-order valence-electron chi connectivity index (χ4n) is 3.78. The first-order chi connectivity index (χ1) is 12.5. The van der Waals surface area contributed by atoms with E-state index in [1.165, 1.54) is 25.8 Å². The number of pyridine rings is 1. The number of amides is 1. The molecule has 3 rings (SSSR count). The fourth-order valence-corrected chi connectivity index (χ4v) is 3.78. The first kappa shape index (κ1) is 18.8. The second-order valence-electron chi connectivity index (χ2n) is 7.72. The number of nitrogens with zero attached hydrogens (tertiary/aromatic N) is 4. The Morgan fingerprint density at radius 3 is 2.92 bits per heavy atom. The summed E-state index contributed by atoms with van der Waals surface area (Å²) in [7, 11) is 0. The Hall–Kier alpha value is -1.95. The molecule has 0 unspecified atom stereocenters. The summed E-state index contributed by atoms with van der Waals surface area (Å²) in [6.07, 6.45) is 6.67. The number of nitrogens with one attached hydrogen (secondary N) is 1. The van der Waals surface area contributed by atoms with Crippen molar-refractivity contribution < 1.29 is 4.79 Å². The van der Waals surface area contributed by atoms with Gasteiger partial charge in [0.05, 0.1) is 17.1 Å². The predicted molar refractivity (Wildman–Crippen MR) is 104 cm³/mol. The van der Waals surface area contributed by atoms with E-state index in [9.17, 15) is 4.79 Å². The third-order valence-electron chi connectivity index (χ3n) is 5.28. The average molecular weight is 358 g/mol. The zero-order chi connectivity index (χ0) is 18.7. The lowest BCUT2D eigenvalue weighted by Gasteiger charge is -2.33. The lowest BCUT2D eigenvalue weighted by atomic mass is 10.0. The van der Waals surface area contributed by atoms with Crippen LogP contribution in [0.3, 0.4) is 0 Å². The summed E-state index contributed by atoms with van der Waals surface area (Å²) >= 11 is 0. The molecule has 26 heavy (non-hydrogen) atoms. The molecule has 3 heterocycles. The minimum absolute atomic E-state index is 0.0319. The Morgan fingerprint density at radius 1 is 1.38 bits per heavy atom. The summed E-state index contributed by atoms with van der Waals surface area (Å²) in [5.41, 5.74) is 2.30. The lowest BCUT2D eigenvalue weighted by molar-refractivity contribution is 0.0950. The number of piperidine rings is 1. The molecule has 0 bridgehead atoms. The molecular weight excluding hydrogens is 326 g/mol.